The number of nitrogens with zero attached hydrogens (tertiary/aromatic N) is 1. The van der Waals surface area contributed by atoms with Crippen molar-refractivity contribution in [3.05, 3.63) is 47.3 Å². The minimum Gasteiger partial charge on any atom is -0.352 e. The van der Waals surface area contributed by atoms with Gasteiger partial charge in [0.25, 0.3) is 0 Å². The molecule has 4 nitrogen and oxygen atoms in total. The molecule has 2 aromatic rings. The van der Waals surface area contributed by atoms with Crippen molar-refractivity contribution < 1.29 is 4.79 Å². The van der Waals surface area contributed by atoms with E-state index in [-0.39, 0.29) is 11.2 Å². The maximum atomic E-state index is 12.5. The van der Waals surface area contributed by atoms with E-state index in [4.69, 9.17) is 4.98 Å². The number of carbonyl (C=O) groups is 1. The minimum absolute atomic E-state index is 0.126. The van der Waals surface area contributed by atoms with Crippen molar-refractivity contribution in [2.45, 2.75) is 75.2 Å². The highest BCUT2D eigenvalue weighted by Gasteiger charge is 2.21. The fourth-order valence-electron chi connectivity index (χ4n) is 3.45. The van der Waals surface area contributed by atoms with Gasteiger partial charge in [0.1, 0.15) is 0 Å². The number of aromatic nitrogens is 2. The zero-order chi connectivity index (χ0) is 18.4. The number of benzene rings is 1. The maximum Gasteiger partial charge on any atom is 0.233 e. The SMILES string of the molecule is Cc1[nH]c(SC(C)C(=O)NC2CCCCCC2)nc1Cc1ccccc1. The van der Waals surface area contributed by atoms with Crippen molar-refractivity contribution in [2.75, 3.05) is 0 Å². The highest BCUT2D eigenvalue weighted by atomic mass is 32.2. The topological polar surface area (TPSA) is 57.8 Å². The summed E-state index contributed by atoms with van der Waals surface area (Å²) in [5.41, 5.74) is 3.38. The average molecular weight is 372 g/mol. The normalized spacial score (nSPS) is 16.8. The molecule has 0 bridgehead atoms. The van der Waals surface area contributed by atoms with Crippen molar-refractivity contribution in [3.63, 3.8) is 0 Å². The van der Waals surface area contributed by atoms with Crippen LogP contribution in [-0.2, 0) is 11.2 Å². The molecule has 1 aliphatic carbocycles. The fourth-order valence-corrected chi connectivity index (χ4v) is 4.33. The summed E-state index contributed by atoms with van der Waals surface area (Å²) in [5, 5.41) is 3.92. The smallest absolute Gasteiger partial charge is 0.233 e. The number of amides is 1. The first-order valence-corrected chi connectivity index (χ1v) is 10.6. The minimum atomic E-state index is -0.145. The van der Waals surface area contributed by atoms with Crippen LogP contribution < -0.4 is 5.32 Å². The molecule has 140 valence electrons. The molecule has 1 aliphatic rings. The molecule has 0 spiro atoms. The van der Waals surface area contributed by atoms with E-state index in [9.17, 15) is 4.79 Å². The summed E-state index contributed by atoms with van der Waals surface area (Å²) in [6.45, 7) is 4.01. The lowest BCUT2D eigenvalue weighted by Gasteiger charge is -2.18. The molecular formula is C21H29N3OS. The van der Waals surface area contributed by atoms with Gasteiger partial charge < -0.3 is 10.3 Å². The molecule has 1 amide bonds. The van der Waals surface area contributed by atoms with Crippen LogP contribution in [-0.4, -0.2) is 27.2 Å². The van der Waals surface area contributed by atoms with E-state index in [1.54, 1.807) is 0 Å². The molecule has 1 unspecified atom stereocenters. The van der Waals surface area contributed by atoms with E-state index in [1.165, 1.54) is 43.0 Å². The second-order valence-corrected chi connectivity index (χ2v) is 8.56. The van der Waals surface area contributed by atoms with E-state index < -0.39 is 0 Å². The first-order valence-electron chi connectivity index (χ1n) is 9.68. The molecule has 5 heteroatoms. The predicted molar refractivity (Wildman–Crippen MR) is 108 cm³/mol. The van der Waals surface area contributed by atoms with E-state index >= 15 is 0 Å². The molecular weight excluding hydrogens is 342 g/mol. The number of carbonyl (C=O) groups excluding carboxylic acids is 1. The molecule has 3 rings (SSSR count). The number of aryl methyl sites for hydroxylation is 1. The van der Waals surface area contributed by atoms with Crippen LogP contribution in [0.5, 0.6) is 0 Å². The Balaban J connectivity index is 1.56. The van der Waals surface area contributed by atoms with Gasteiger partial charge in [0.2, 0.25) is 5.91 Å². The number of hydrogen-bond donors (Lipinski definition) is 2. The highest BCUT2D eigenvalue weighted by molar-refractivity contribution is 8.00. The Morgan fingerprint density at radius 3 is 2.62 bits per heavy atom. The molecule has 1 fully saturated rings. The van der Waals surface area contributed by atoms with Gasteiger partial charge in [0, 0.05) is 18.2 Å². The monoisotopic (exact) mass is 371 g/mol. The Bertz CT molecular complexity index is 705. The van der Waals surface area contributed by atoms with Crippen molar-refractivity contribution in [1.29, 1.82) is 0 Å². The molecule has 26 heavy (non-hydrogen) atoms. The van der Waals surface area contributed by atoms with Gasteiger partial charge in [-0.3, -0.25) is 4.79 Å². The van der Waals surface area contributed by atoms with Gasteiger partial charge in [-0.15, -0.1) is 0 Å². The van der Waals surface area contributed by atoms with Gasteiger partial charge in [-0.05, 0) is 32.3 Å². The van der Waals surface area contributed by atoms with Gasteiger partial charge in [-0.2, -0.15) is 0 Å². The Morgan fingerprint density at radius 1 is 1.23 bits per heavy atom. The van der Waals surface area contributed by atoms with Gasteiger partial charge in [-0.25, -0.2) is 4.98 Å². The van der Waals surface area contributed by atoms with Gasteiger partial charge in [-0.1, -0.05) is 67.8 Å². The number of nitrogens with one attached hydrogen (secondary N) is 2. The lowest BCUT2D eigenvalue weighted by atomic mass is 10.1. The number of aromatic amines is 1. The van der Waals surface area contributed by atoms with E-state index in [0.717, 1.165) is 35.8 Å². The van der Waals surface area contributed by atoms with E-state index in [1.807, 2.05) is 32.0 Å². The summed E-state index contributed by atoms with van der Waals surface area (Å²) >= 11 is 1.51. The molecule has 1 heterocycles. The van der Waals surface area contributed by atoms with Crippen LogP contribution >= 0.6 is 11.8 Å². The van der Waals surface area contributed by atoms with Crippen LogP contribution in [0, 0.1) is 6.92 Å². The standard InChI is InChI=1S/C21H29N3OS/c1-15-19(14-17-10-6-5-7-11-17)24-21(22-15)26-16(2)20(25)23-18-12-8-3-4-9-13-18/h5-7,10-11,16,18H,3-4,8-9,12-14H2,1-2H3,(H,22,24)(H,23,25). The lowest BCUT2D eigenvalue weighted by Crippen LogP contribution is -2.39. The second-order valence-electron chi connectivity index (χ2n) is 7.23. The van der Waals surface area contributed by atoms with Crippen LogP contribution in [0.2, 0.25) is 0 Å². The number of H-pyrrole nitrogens is 1. The molecule has 0 saturated heterocycles. The summed E-state index contributed by atoms with van der Waals surface area (Å²) in [4.78, 5) is 20.6. The third kappa shape index (κ3) is 5.37. The number of thioether (sulfide) groups is 1. The van der Waals surface area contributed by atoms with E-state index in [0.29, 0.717) is 6.04 Å². The molecule has 0 aliphatic heterocycles. The highest BCUT2D eigenvalue weighted by Crippen LogP contribution is 2.24. The molecule has 0 radical (unpaired) electrons. The Hall–Kier alpha value is -1.75. The average Bonchev–Trinajstić information content (AvgIpc) is 2.83. The molecule has 1 saturated carbocycles. The van der Waals surface area contributed by atoms with Crippen LogP contribution in [0.15, 0.2) is 35.5 Å². The Morgan fingerprint density at radius 2 is 1.92 bits per heavy atom. The fraction of sp³-hybridized carbons (Fsp3) is 0.524. The summed E-state index contributed by atoms with van der Waals surface area (Å²) in [6.07, 6.45) is 8.10. The summed E-state index contributed by atoms with van der Waals surface area (Å²) in [6, 6.07) is 10.7. The molecule has 1 aromatic carbocycles. The zero-order valence-corrected chi connectivity index (χ0v) is 16.6. The number of hydrogen-bond acceptors (Lipinski definition) is 3. The quantitative estimate of drug-likeness (QED) is 0.575. The van der Waals surface area contributed by atoms with Crippen LogP contribution in [0.4, 0.5) is 0 Å². The van der Waals surface area contributed by atoms with Gasteiger partial charge in [0.15, 0.2) is 5.16 Å². The van der Waals surface area contributed by atoms with Crippen molar-refractivity contribution in [3.8, 4) is 0 Å². The zero-order valence-electron chi connectivity index (χ0n) is 15.8. The van der Waals surface area contributed by atoms with Gasteiger partial charge in [0.05, 0.1) is 10.9 Å². The summed E-state index contributed by atoms with van der Waals surface area (Å²) in [7, 11) is 0. The third-order valence-electron chi connectivity index (χ3n) is 5.04. The summed E-state index contributed by atoms with van der Waals surface area (Å²) < 4.78 is 0. The number of imidazole rings is 1. The van der Waals surface area contributed by atoms with Crippen molar-refractivity contribution in [2.24, 2.45) is 0 Å². The lowest BCUT2D eigenvalue weighted by molar-refractivity contribution is -0.121. The van der Waals surface area contributed by atoms with Crippen LogP contribution in [0.1, 0.15) is 62.4 Å². The Labute approximate surface area is 160 Å². The van der Waals surface area contributed by atoms with E-state index in [2.05, 4.69) is 22.4 Å². The predicted octanol–water partition coefficient (Wildman–Crippen LogP) is 4.63. The molecule has 1 aromatic heterocycles. The first-order chi connectivity index (χ1) is 12.6. The van der Waals surface area contributed by atoms with Crippen LogP contribution in [0.25, 0.3) is 0 Å². The Kier molecular flexibility index (Phi) is 6.78. The van der Waals surface area contributed by atoms with Gasteiger partial charge >= 0.3 is 0 Å². The third-order valence-corrected chi connectivity index (χ3v) is 6.02. The number of rotatable bonds is 6. The van der Waals surface area contributed by atoms with Crippen molar-refractivity contribution in [1.82, 2.24) is 15.3 Å². The first kappa shape index (κ1) is 19.0. The second kappa shape index (κ2) is 9.26. The van der Waals surface area contributed by atoms with Crippen LogP contribution in [0.3, 0.4) is 0 Å². The molecule has 1 atom stereocenters. The summed E-state index contributed by atoms with van der Waals surface area (Å²) in [5.74, 6) is 0.126. The van der Waals surface area contributed by atoms with Crippen molar-refractivity contribution >= 4 is 17.7 Å². The maximum absolute atomic E-state index is 12.5. The largest absolute Gasteiger partial charge is 0.352 e. The molecule has 2 N–H and O–H groups in total.